The van der Waals surface area contributed by atoms with Crippen molar-refractivity contribution < 1.29 is 4.79 Å². The second-order valence-electron chi connectivity index (χ2n) is 6.75. The molecular weight excluding hydrogens is 260 g/mol. The van der Waals surface area contributed by atoms with Gasteiger partial charge in [-0.15, -0.1) is 0 Å². The molecule has 21 heavy (non-hydrogen) atoms. The van der Waals surface area contributed by atoms with E-state index in [4.69, 9.17) is 5.73 Å². The third kappa shape index (κ3) is 2.18. The third-order valence-corrected chi connectivity index (χ3v) is 5.92. The van der Waals surface area contributed by atoms with Crippen LogP contribution in [0, 0.1) is 5.92 Å². The molecule has 3 nitrogen and oxygen atoms in total. The van der Waals surface area contributed by atoms with Crippen molar-refractivity contribution in [3.05, 3.63) is 35.4 Å². The predicted molar refractivity (Wildman–Crippen MR) is 85.1 cm³/mol. The van der Waals surface area contributed by atoms with Crippen LogP contribution < -0.4 is 11.1 Å². The maximum atomic E-state index is 12.7. The van der Waals surface area contributed by atoms with Crippen molar-refractivity contribution >= 4 is 5.91 Å². The Kier molecular flexibility index (Phi) is 3.56. The molecule has 0 saturated heterocycles. The van der Waals surface area contributed by atoms with Crippen LogP contribution in [0.4, 0.5) is 0 Å². The zero-order valence-electron chi connectivity index (χ0n) is 13.1. The van der Waals surface area contributed by atoms with Crippen LogP contribution in [0.5, 0.6) is 0 Å². The van der Waals surface area contributed by atoms with E-state index in [0.717, 1.165) is 32.1 Å². The standard InChI is InChI=1S/C18H26N2O/c1-3-17(4-2,12-19)20-16(21)15-11-18(15)10-9-13-7-5-6-8-14(13)18/h5-8,15H,3-4,9-12,19H2,1-2H3,(H,20,21). The zero-order valence-corrected chi connectivity index (χ0v) is 13.1. The van der Waals surface area contributed by atoms with Gasteiger partial charge in [0, 0.05) is 17.9 Å². The Morgan fingerprint density at radius 1 is 1.38 bits per heavy atom. The first-order chi connectivity index (χ1) is 10.1. The minimum Gasteiger partial charge on any atom is -0.349 e. The summed E-state index contributed by atoms with van der Waals surface area (Å²) in [5, 5.41) is 3.26. The first-order valence-electron chi connectivity index (χ1n) is 8.21. The SMILES string of the molecule is CCC(CC)(CN)NC(=O)C1CC12CCc1ccccc12. The summed E-state index contributed by atoms with van der Waals surface area (Å²) in [6, 6.07) is 8.62. The molecule has 2 aliphatic carbocycles. The van der Waals surface area contributed by atoms with Crippen molar-refractivity contribution in [3.8, 4) is 0 Å². The molecule has 0 bridgehead atoms. The molecule has 2 aliphatic rings. The smallest absolute Gasteiger partial charge is 0.224 e. The number of carbonyl (C=O) groups excluding carboxylic acids is 1. The highest BCUT2D eigenvalue weighted by molar-refractivity contribution is 5.85. The van der Waals surface area contributed by atoms with E-state index in [-0.39, 0.29) is 22.8 Å². The molecule has 114 valence electrons. The minimum absolute atomic E-state index is 0.127. The second-order valence-corrected chi connectivity index (χ2v) is 6.75. The van der Waals surface area contributed by atoms with Gasteiger partial charge in [-0.3, -0.25) is 4.79 Å². The topological polar surface area (TPSA) is 55.1 Å². The maximum absolute atomic E-state index is 12.7. The summed E-state index contributed by atoms with van der Waals surface area (Å²) >= 11 is 0. The molecule has 3 N–H and O–H groups in total. The van der Waals surface area contributed by atoms with Gasteiger partial charge in [-0.1, -0.05) is 38.1 Å². The highest BCUT2D eigenvalue weighted by Gasteiger charge is 2.61. The summed E-state index contributed by atoms with van der Waals surface area (Å²) in [5.74, 6) is 0.353. The number of hydrogen-bond acceptors (Lipinski definition) is 2. The molecule has 1 saturated carbocycles. The van der Waals surface area contributed by atoms with Crippen molar-refractivity contribution in [3.63, 3.8) is 0 Å². The average molecular weight is 286 g/mol. The summed E-state index contributed by atoms with van der Waals surface area (Å²) in [7, 11) is 0. The molecule has 1 fully saturated rings. The van der Waals surface area contributed by atoms with E-state index >= 15 is 0 Å². The first kappa shape index (κ1) is 14.6. The van der Waals surface area contributed by atoms with E-state index in [0.29, 0.717) is 6.54 Å². The largest absolute Gasteiger partial charge is 0.349 e. The fourth-order valence-electron chi connectivity index (χ4n) is 4.05. The van der Waals surface area contributed by atoms with Crippen molar-refractivity contribution in [1.82, 2.24) is 5.32 Å². The number of nitrogens with one attached hydrogen (secondary N) is 1. The van der Waals surface area contributed by atoms with Crippen LogP contribution in [0.25, 0.3) is 0 Å². The molecule has 3 rings (SSSR count). The number of carbonyl (C=O) groups is 1. The zero-order chi connectivity index (χ0) is 15.1. The lowest BCUT2D eigenvalue weighted by atomic mass is 9.91. The van der Waals surface area contributed by atoms with Crippen molar-refractivity contribution in [2.24, 2.45) is 11.7 Å². The lowest BCUT2D eigenvalue weighted by molar-refractivity contribution is -0.124. The Balaban J connectivity index is 1.75. The summed E-state index contributed by atoms with van der Waals surface area (Å²) in [6.45, 7) is 4.72. The van der Waals surface area contributed by atoms with Gasteiger partial charge in [-0.2, -0.15) is 0 Å². The molecule has 0 aromatic heterocycles. The molecule has 0 aliphatic heterocycles. The molecule has 1 aromatic rings. The quantitative estimate of drug-likeness (QED) is 0.874. The van der Waals surface area contributed by atoms with Crippen LogP contribution in [-0.4, -0.2) is 18.0 Å². The number of rotatable bonds is 5. The van der Waals surface area contributed by atoms with E-state index in [2.05, 4.69) is 43.4 Å². The van der Waals surface area contributed by atoms with Crippen LogP contribution in [0.1, 0.15) is 50.7 Å². The van der Waals surface area contributed by atoms with Crippen LogP contribution in [0.3, 0.4) is 0 Å². The summed E-state index contributed by atoms with van der Waals surface area (Å²) in [6.07, 6.45) is 5.02. The Morgan fingerprint density at radius 2 is 2.10 bits per heavy atom. The van der Waals surface area contributed by atoms with Crippen LogP contribution >= 0.6 is 0 Å². The molecule has 1 amide bonds. The predicted octanol–water partition coefficient (Wildman–Crippen LogP) is 2.52. The molecule has 3 heteroatoms. The van der Waals surface area contributed by atoms with Crippen molar-refractivity contribution in [2.75, 3.05) is 6.54 Å². The van der Waals surface area contributed by atoms with Gasteiger partial charge in [0.1, 0.15) is 0 Å². The normalized spacial score (nSPS) is 26.7. The monoisotopic (exact) mass is 286 g/mol. The summed E-state index contributed by atoms with van der Waals surface area (Å²) in [4.78, 5) is 12.7. The highest BCUT2D eigenvalue weighted by atomic mass is 16.2. The van der Waals surface area contributed by atoms with Gasteiger partial charge in [0.25, 0.3) is 0 Å². The van der Waals surface area contributed by atoms with Gasteiger partial charge < -0.3 is 11.1 Å². The summed E-state index contributed by atoms with van der Waals surface area (Å²) in [5.41, 5.74) is 8.66. The van der Waals surface area contributed by atoms with Gasteiger partial charge in [0.05, 0.1) is 5.54 Å². The average Bonchev–Trinajstić information content (AvgIpc) is 3.15. The fraction of sp³-hybridized carbons (Fsp3) is 0.611. The van der Waals surface area contributed by atoms with Gasteiger partial charge in [-0.05, 0) is 43.2 Å². The number of nitrogens with two attached hydrogens (primary N) is 1. The molecule has 1 spiro atoms. The van der Waals surface area contributed by atoms with E-state index < -0.39 is 0 Å². The van der Waals surface area contributed by atoms with Crippen LogP contribution in [-0.2, 0) is 16.6 Å². The van der Waals surface area contributed by atoms with E-state index in [1.165, 1.54) is 11.1 Å². The molecule has 0 radical (unpaired) electrons. The number of aryl methyl sites for hydroxylation is 1. The fourth-order valence-corrected chi connectivity index (χ4v) is 4.05. The third-order valence-electron chi connectivity index (χ3n) is 5.92. The van der Waals surface area contributed by atoms with Crippen molar-refractivity contribution in [2.45, 2.75) is 56.9 Å². The number of fused-ring (bicyclic) bond motifs is 2. The number of hydrogen-bond donors (Lipinski definition) is 2. The van der Waals surface area contributed by atoms with Gasteiger partial charge >= 0.3 is 0 Å². The van der Waals surface area contributed by atoms with Gasteiger partial charge in [-0.25, -0.2) is 0 Å². The molecule has 0 heterocycles. The number of benzene rings is 1. The van der Waals surface area contributed by atoms with Crippen LogP contribution in [0.2, 0.25) is 0 Å². The lowest BCUT2D eigenvalue weighted by Crippen LogP contribution is -2.53. The second kappa shape index (κ2) is 5.13. The Bertz CT molecular complexity index is 542. The highest BCUT2D eigenvalue weighted by Crippen LogP contribution is 2.61. The number of amides is 1. The Labute approximate surface area is 127 Å². The molecular formula is C18H26N2O. The molecule has 2 atom stereocenters. The minimum atomic E-state index is -0.223. The molecule has 2 unspecified atom stereocenters. The summed E-state index contributed by atoms with van der Waals surface area (Å²) < 4.78 is 0. The molecule has 1 aromatic carbocycles. The first-order valence-corrected chi connectivity index (χ1v) is 8.21. The van der Waals surface area contributed by atoms with E-state index in [9.17, 15) is 4.79 Å². The Hall–Kier alpha value is -1.35. The maximum Gasteiger partial charge on any atom is 0.224 e. The van der Waals surface area contributed by atoms with Crippen molar-refractivity contribution in [1.29, 1.82) is 0 Å². The van der Waals surface area contributed by atoms with E-state index in [1.807, 2.05) is 0 Å². The Morgan fingerprint density at radius 3 is 2.76 bits per heavy atom. The lowest BCUT2D eigenvalue weighted by Gasteiger charge is -2.32. The van der Waals surface area contributed by atoms with E-state index in [1.54, 1.807) is 0 Å². The van der Waals surface area contributed by atoms with Crippen LogP contribution in [0.15, 0.2) is 24.3 Å². The van der Waals surface area contributed by atoms with Gasteiger partial charge in [0.2, 0.25) is 5.91 Å². The van der Waals surface area contributed by atoms with Gasteiger partial charge in [0.15, 0.2) is 0 Å².